The lowest BCUT2D eigenvalue weighted by atomic mass is 10.0. The highest BCUT2D eigenvalue weighted by Gasteiger charge is 2.23. The largest absolute Gasteiger partial charge is 0.481 e. The smallest absolute Gasteiger partial charge is 0.305 e. The van der Waals surface area contributed by atoms with Gasteiger partial charge in [-0.3, -0.25) is 9.59 Å². The normalized spacial score (nSPS) is 15.4. The number of carbonyl (C=O) groups excluding carboxylic acids is 1. The van der Waals surface area contributed by atoms with Crippen molar-refractivity contribution in [1.82, 2.24) is 19.4 Å². The number of hydrogen-bond acceptors (Lipinski definition) is 4. The van der Waals surface area contributed by atoms with Crippen LogP contribution in [0.1, 0.15) is 31.5 Å². The molecule has 0 spiro atoms. The van der Waals surface area contributed by atoms with E-state index in [-0.39, 0.29) is 24.7 Å². The van der Waals surface area contributed by atoms with Crippen LogP contribution in [0.3, 0.4) is 0 Å². The van der Waals surface area contributed by atoms with E-state index in [0.717, 1.165) is 31.8 Å². The van der Waals surface area contributed by atoms with Crippen molar-refractivity contribution in [2.75, 3.05) is 27.2 Å². The predicted octanol–water partition coefficient (Wildman–Crippen LogP) is 1.26. The van der Waals surface area contributed by atoms with Gasteiger partial charge in [0.2, 0.25) is 5.91 Å². The molecule has 1 saturated heterocycles. The maximum Gasteiger partial charge on any atom is 0.305 e. The van der Waals surface area contributed by atoms with E-state index in [9.17, 15) is 9.59 Å². The second-order valence-electron chi connectivity index (χ2n) is 6.26. The Morgan fingerprint density at radius 1 is 1.29 bits per heavy atom. The molecule has 0 atom stereocenters. The van der Waals surface area contributed by atoms with Crippen LogP contribution < -0.4 is 0 Å². The number of aromatic nitrogens is 2. The van der Waals surface area contributed by atoms with Crippen LogP contribution in [0.25, 0.3) is 0 Å². The Balaban J connectivity index is 0.00000288. The zero-order valence-corrected chi connectivity index (χ0v) is 15.2. The first-order chi connectivity index (χ1) is 11.0. The number of aryl methyl sites for hydroxylation is 2. The minimum atomic E-state index is -0.829. The zero-order chi connectivity index (χ0) is 16.8. The molecule has 0 saturated carbocycles. The molecule has 1 aliphatic rings. The summed E-state index contributed by atoms with van der Waals surface area (Å²) in [4.78, 5) is 31.4. The second kappa shape index (κ2) is 9.64. The van der Waals surface area contributed by atoms with Crippen LogP contribution in [0.2, 0.25) is 0 Å². The number of nitrogens with zero attached hydrogens (tertiary/aromatic N) is 4. The first-order valence-electron chi connectivity index (χ1n) is 8.13. The summed E-state index contributed by atoms with van der Waals surface area (Å²) in [5.41, 5.74) is 0. The van der Waals surface area contributed by atoms with Crippen molar-refractivity contribution in [1.29, 1.82) is 0 Å². The van der Waals surface area contributed by atoms with Crippen LogP contribution in [-0.4, -0.2) is 69.6 Å². The van der Waals surface area contributed by atoms with E-state index in [1.165, 1.54) is 0 Å². The number of carboxylic acid groups (broad SMARTS) is 1. The van der Waals surface area contributed by atoms with E-state index in [0.29, 0.717) is 25.4 Å². The summed E-state index contributed by atoms with van der Waals surface area (Å²) >= 11 is 0. The van der Waals surface area contributed by atoms with Gasteiger partial charge in [0.15, 0.2) is 0 Å². The van der Waals surface area contributed by atoms with Crippen molar-refractivity contribution in [2.24, 2.45) is 0 Å². The lowest BCUT2D eigenvalue weighted by molar-refractivity contribution is -0.137. The van der Waals surface area contributed by atoms with Gasteiger partial charge in [-0.1, -0.05) is 0 Å². The molecule has 1 amide bonds. The molecule has 0 bridgehead atoms. The zero-order valence-electron chi connectivity index (χ0n) is 14.3. The Hall–Kier alpha value is -1.60. The molecular weight excluding hydrogens is 332 g/mol. The van der Waals surface area contributed by atoms with Gasteiger partial charge in [-0.05, 0) is 26.9 Å². The number of carboxylic acids is 1. The molecule has 1 aromatic heterocycles. The van der Waals surface area contributed by atoms with E-state index in [1.807, 2.05) is 9.47 Å². The number of amides is 1. The molecule has 24 heavy (non-hydrogen) atoms. The molecule has 8 heteroatoms. The van der Waals surface area contributed by atoms with Crippen molar-refractivity contribution in [3.63, 3.8) is 0 Å². The molecule has 2 heterocycles. The van der Waals surface area contributed by atoms with Crippen LogP contribution in [0.5, 0.6) is 0 Å². The third-order valence-electron chi connectivity index (χ3n) is 4.48. The fourth-order valence-corrected chi connectivity index (χ4v) is 3.00. The van der Waals surface area contributed by atoms with Gasteiger partial charge < -0.3 is 19.5 Å². The van der Waals surface area contributed by atoms with Crippen molar-refractivity contribution in [3.8, 4) is 0 Å². The monoisotopic (exact) mass is 358 g/mol. The summed E-state index contributed by atoms with van der Waals surface area (Å²) in [6.07, 6.45) is 6.51. The Labute approximate surface area is 149 Å². The molecular formula is C16H27ClN4O3. The molecule has 136 valence electrons. The number of imidazole rings is 1. The average Bonchev–Trinajstić information content (AvgIpc) is 2.98. The van der Waals surface area contributed by atoms with Gasteiger partial charge in [0.1, 0.15) is 5.82 Å². The van der Waals surface area contributed by atoms with Crippen LogP contribution >= 0.6 is 12.4 Å². The number of halogens is 1. The summed E-state index contributed by atoms with van der Waals surface area (Å²) in [6.45, 7) is 2.03. The molecule has 1 aromatic rings. The fourth-order valence-electron chi connectivity index (χ4n) is 3.00. The van der Waals surface area contributed by atoms with Crippen LogP contribution in [-0.2, 0) is 22.6 Å². The summed E-state index contributed by atoms with van der Waals surface area (Å²) in [7, 11) is 4.16. The van der Waals surface area contributed by atoms with Crippen molar-refractivity contribution < 1.29 is 14.7 Å². The topological polar surface area (TPSA) is 78.7 Å². The Bertz CT molecular complexity index is 539. The molecule has 0 radical (unpaired) electrons. The van der Waals surface area contributed by atoms with E-state index in [2.05, 4.69) is 24.0 Å². The van der Waals surface area contributed by atoms with Gasteiger partial charge in [-0.15, -0.1) is 12.4 Å². The number of aliphatic carboxylic acids is 1. The Morgan fingerprint density at radius 3 is 2.54 bits per heavy atom. The number of likely N-dealkylation sites (tertiary alicyclic amines) is 1. The molecule has 7 nitrogen and oxygen atoms in total. The molecule has 0 aliphatic carbocycles. The minimum Gasteiger partial charge on any atom is -0.481 e. The third-order valence-corrected chi connectivity index (χ3v) is 4.48. The first kappa shape index (κ1) is 20.4. The molecule has 0 aromatic carbocycles. The van der Waals surface area contributed by atoms with Crippen LogP contribution in [0, 0.1) is 0 Å². The van der Waals surface area contributed by atoms with Gasteiger partial charge in [0.05, 0.1) is 6.42 Å². The summed E-state index contributed by atoms with van der Waals surface area (Å²) in [5.74, 6) is 0.113. The molecule has 2 rings (SSSR count). The van der Waals surface area contributed by atoms with Crippen molar-refractivity contribution >= 4 is 24.3 Å². The molecule has 1 fully saturated rings. The van der Waals surface area contributed by atoms with Gasteiger partial charge in [-0.25, -0.2) is 4.98 Å². The first-order valence-corrected chi connectivity index (χ1v) is 8.13. The standard InChI is InChI=1S/C16H26N4O3.ClH/c1-18(2)13-5-9-20(10-6-13)15(21)4-3-14-17-8-12-19(14)11-7-16(22)23;/h8,12-13H,3-7,9-11H2,1-2H3,(H,22,23);1H. The van der Waals surface area contributed by atoms with Gasteiger partial charge in [0, 0.05) is 50.9 Å². The summed E-state index contributed by atoms with van der Waals surface area (Å²) in [6, 6.07) is 0.564. The quantitative estimate of drug-likeness (QED) is 0.794. The number of piperidine rings is 1. The maximum absolute atomic E-state index is 12.3. The maximum atomic E-state index is 12.3. The van der Waals surface area contributed by atoms with E-state index in [1.54, 1.807) is 12.4 Å². The van der Waals surface area contributed by atoms with Gasteiger partial charge in [0.25, 0.3) is 0 Å². The minimum absolute atomic E-state index is 0. The predicted molar refractivity (Wildman–Crippen MR) is 93.3 cm³/mol. The van der Waals surface area contributed by atoms with E-state index in [4.69, 9.17) is 5.11 Å². The molecule has 1 N–H and O–H groups in total. The molecule has 1 aliphatic heterocycles. The van der Waals surface area contributed by atoms with Crippen molar-refractivity contribution in [3.05, 3.63) is 18.2 Å². The highest BCUT2D eigenvalue weighted by atomic mass is 35.5. The number of carbonyl (C=O) groups is 2. The van der Waals surface area contributed by atoms with E-state index < -0.39 is 5.97 Å². The summed E-state index contributed by atoms with van der Waals surface area (Å²) < 4.78 is 1.82. The van der Waals surface area contributed by atoms with Gasteiger partial charge >= 0.3 is 5.97 Å². The number of rotatable bonds is 7. The molecule has 0 unspecified atom stereocenters. The highest BCUT2D eigenvalue weighted by Crippen LogP contribution is 2.15. The lowest BCUT2D eigenvalue weighted by Crippen LogP contribution is -2.44. The van der Waals surface area contributed by atoms with Crippen LogP contribution in [0.15, 0.2) is 12.4 Å². The SMILES string of the molecule is CN(C)C1CCN(C(=O)CCc2nccn2CCC(=O)O)CC1.Cl. The number of hydrogen-bond donors (Lipinski definition) is 1. The van der Waals surface area contributed by atoms with E-state index >= 15 is 0 Å². The Kier molecular flexibility index (Phi) is 8.21. The average molecular weight is 359 g/mol. The Morgan fingerprint density at radius 2 is 1.96 bits per heavy atom. The fraction of sp³-hybridized carbons (Fsp3) is 0.688. The highest BCUT2D eigenvalue weighted by molar-refractivity contribution is 5.85. The van der Waals surface area contributed by atoms with Crippen LogP contribution in [0.4, 0.5) is 0 Å². The lowest BCUT2D eigenvalue weighted by Gasteiger charge is -2.35. The van der Waals surface area contributed by atoms with Crippen molar-refractivity contribution in [2.45, 2.75) is 44.7 Å². The van der Waals surface area contributed by atoms with Gasteiger partial charge in [-0.2, -0.15) is 0 Å². The second-order valence-corrected chi connectivity index (χ2v) is 6.26. The third kappa shape index (κ3) is 5.79. The summed E-state index contributed by atoms with van der Waals surface area (Å²) in [5, 5.41) is 8.75.